The first-order chi connectivity index (χ1) is 14.5. The topological polar surface area (TPSA) is 125 Å². The van der Waals surface area contributed by atoms with Crippen LogP contribution < -0.4 is 15.6 Å². The van der Waals surface area contributed by atoms with Gasteiger partial charge in [0, 0.05) is 23.6 Å². The van der Waals surface area contributed by atoms with Crippen molar-refractivity contribution in [1.82, 2.24) is 29.5 Å². The van der Waals surface area contributed by atoms with Gasteiger partial charge in [0.2, 0.25) is 5.91 Å². The van der Waals surface area contributed by atoms with E-state index in [0.29, 0.717) is 28.0 Å². The van der Waals surface area contributed by atoms with Crippen molar-refractivity contribution in [3.05, 3.63) is 64.7 Å². The molecule has 0 saturated heterocycles. The highest BCUT2D eigenvalue weighted by Gasteiger charge is 2.13. The summed E-state index contributed by atoms with van der Waals surface area (Å²) >= 11 is 5.97. The Morgan fingerprint density at radius 2 is 2.07 bits per heavy atom. The Bertz CT molecular complexity index is 1290. The minimum Gasteiger partial charge on any atom is -0.495 e. The molecule has 1 N–H and O–H groups in total. The molecule has 4 rings (SSSR count). The minimum absolute atomic E-state index is 0.179. The van der Waals surface area contributed by atoms with Gasteiger partial charge in [0.15, 0.2) is 11.5 Å². The lowest BCUT2D eigenvalue weighted by Crippen LogP contribution is -2.28. The van der Waals surface area contributed by atoms with Gasteiger partial charge in [0.25, 0.3) is 5.56 Å². The quantitative estimate of drug-likeness (QED) is 0.516. The van der Waals surface area contributed by atoms with Gasteiger partial charge in [-0.1, -0.05) is 11.6 Å². The molecule has 1 aromatic carbocycles. The highest BCUT2D eigenvalue weighted by molar-refractivity contribution is 6.31. The Labute approximate surface area is 174 Å². The van der Waals surface area contributed by atoms with Gasteiger partial charge in [0.05, 0.1) is 19.0 Å². The average Bonchev–Trinajstić information content (AvgIpc) is 2.76. The number of halogens is 1. The fourth-order valence-corrected chi connectivity index (χ4v) is 2.90. The summed E-state index contributed by atoms with van der Waals surface area (Å²) in [7, 11) is 1.48. The van der Waals surface area contributed by atoms with Crippen LogP contribution in [0, 0.1) is 0 Å². The molecular formula is C19H14ClN7O3. The third kappa shape index (κ3) is 3.94. The van der Waals surface area contributed by atoms with Crippen LogP contribution >= 0.6 is 11.6 Å². The fourth-order valence-electron chi connectivity index (χ4n) is 2.73. The van der Waals surface area contributed by atoms with E-state index < -0.39 is 11.5 Å². The summed E-state index contributed by atoms with van der Waals surface area (Å²) in [4.78, 5) is 45.9. The van der Waals surface area contributed by atoms with Crippen molar-refractivity contribution in [3.8, 4) is 17.3 Å². The Morgan fingerprint density at radius 1 is 1.20 bits per heavy atom. The molecule has 11 heteroatoms. The molecule has 1 amide bonds. The molecule has 4 aromatic rings. The average molecular weight is 424 g/mol. The first kappa shape index (κ1) is 19.4. The molecular weight excluding hydrogens is 410 g/mol. The zero-order valence-electron chi connectivity index (χ0n) is 15.6. The molecule has 0 aliphatic rings. The lowest BCUT2D eigenvalue weighted by molar-refractivity contribution is -0.116. The van der Waals surface area contributed by atoms with Crippen LogP contribution in [0.15, 0.2) is 54.1 Å². The second-order valence-electron chi connectivity index (χ2n) is 6.09. The van der Waals surface area contributed by atoms with Gasteiger partial charge in [-0.15, -0.1) is 0 Å². The van der Waals surface area contributed by atoms with E-state index in [1.165, 1.54) is 42.8 Å². The number of hydrogen-bond donors (Lipinski definition) is 1. The molecule has 0 aliphatic carbocycles. The smallest absolute Gasteiger partial charge is 0.264 e. The van der Waals surface area contributed by atoms with Crippen LogP contribution in [-0.4, -0.2) is 42.5 Å². The molecule has 0 unspecified atom stereocenters. The second-order valence-corrected chi connectivity index (χ2v) is 6.53. The standard InChI is InChI=1S/C19H14ClN7O3/c1-30-15-3-2-11(20)6-13(15)25-16(28)9-27-10-24-17-12(19(27)29)7-23-18(26-17)14-8-21-4-5-22-14/h2-8,10H,9H2,1H3,(H,25,28). The van der Waals surface area contributed by atoms with E-state index in [1.54, 1.807) is 18.2 Å². The molecule has 150 valence electrons. The number of aromatic nitrogens is 6. The SMILES string of the molecule is COc1ccc(Cl)cc1NC(=O)Cn1cnc2nc(-c3cnccn3)ncc2c1=O. The Kier molecular flexibility index (Phi) is 5.31. The van der Waals surface area contributed by atoms with Gasteiger partial charge in [0.1, 0.15) is 29.7 Å². The summed E-state index contributed by atoms with van der Waals surface area (Å²) in [6.45, 7) is -0.261. The van der Waals surface area contributed by atoms with E-state index >= 15 is 0 Å². The van der Waals surface area contributed by atoms with Gasteiger partial charge < -0.3 is 10.1 Å². The van der Waals surface area contributed by atoms with Crippen LogP contribution in [0.1, 0.15) is 0 Å². The molecule has 0 spiro atoms. The first-order valence-electron chi connectivity index (χ1n) is 8.67. The lowest BCUT2D eigenvalue weighted by Gasteiger charge is -2.11. The monoisotopic (exact) mass is 423 g/mol. The molecule has 0 atom stereocenters. The number of carbonyl (C=O) groups is 1. The van der Waals surface area contributed by atoms with Crippen molar-refractivity contribution in [2.45, 2.75) is 6.54 Å². The summed E-state index contributed by atoms with van der Waals surface area (Å²) in [5, 5.41) is 3.29. The minimum atomic E-state index is -0.448. The third-order valence-electron chi connectivity index (χ3n) is 4.12. The van der Waals surface area contributed by atoms with E-state index in [-0.39, 0.29) is 17.6 Å². The highest BCUT2D eigenvalue weighted by atomic mass is 35.5. The number of methoxy groups -OCH3 is 1. The summed E-state index contributed by atoms with van der Waals surface area (Å²) in [5.41, 5.74) is 0.608. The fraction of sp³-hybridized carbons (Fsp3) is 0.105. The van der Waals surface area contributed by atoms with Gasteiger partial charge >= 0.3 is 0 Å². The summed E-state index contributed by atoms with van der Waals surface area (Å²) in [6, 6.07) is 4.83. The van der Waals surface area contributed by atoms with Crippen LogP contribution in [0.2, 0.25) is 5.02 Å². The van der Waals surface area contributed by atoms with Gasteiger partial charge in [-0.3, -0.25) is 19.1 Å². The predicted molar refractivity (Wildman–Crippen MR) is 109 cm³/mol. The van der Waals surface area contributed by atoms with Crippen LogP contribution in [0.25, 0.3) is 22.6 Å². The molecule has 3 aromatic heterocycles. The Balaban J connectivity index is 1.59. The molecule has 30 heavy (non-hydrogen) atoms. The normalized spacial score (nSPS) is 10.7. The van der Waals surface area contributed by atoms with Gasteiger partial charge in [-0.2, -0.15) is 0 Å². The van der Waals surface area contributed by atoms with Crippen LogP contribution in [-0.2, 0) is 11.3 Å². The van der Waals surface area contributed by atoms with Crippen molar-refractivity contribution in [1.29, 1.82) is 0 Å². The van der Waals surface area contributed by atoms with Crippen molar-refractivity contribution >= 4 is 34.2 Å². The maximum atomic E-state index is 12.7. The van der Waals surface area contributed by atoms with Gasteiger partial charge in [-0.25, -0.2) is 19.9 Å². The number of nitrogens with one attached hydrogen (secondary N) is 1. The van der Waals surface area contributed by atoms with Crippen LogP contribution in [0.4, 0.5) is 5.69 Å². The summed E-state index contributed by atoms with van der Waals surface area (Å²) in [6.07, 6.45) is 7.17. The highest BCUT2D eigenvalue weighted by Crippen LogP contribution is 2.27. The largest absolute Gasteiger partial charge is 0.495 e. The number of hydrogen-bond acceptors (Lipinski definition) is 8. The molecule has 10 nitrogen and oxygen atoms in total. The summed E-state index contributed by atoms with van der Waals surface area (Å²) < 4.78 is 6.37. The number of rotatable bonds is 5. The van der Waals surface area contributed by atoms with E-state index in [9.17, 15) is 9.59 Å². The van der Waals surface area contributed by atoms with Crippen LogP contribution in [0.3, 0.4) is 0 Å². The molecule has 0 fully saturated rings. The molecule has 0 saturated carbocycles. The van der Waals surface area contributed by atoms with E-state index in [4.69, 9.17) is 16.3 Å². The predicted octanol–water partition coefficient (Wildman–Crippen LogP) is 1.94. The molecule has 3 heterocycles. The second kappa shape index (κ2) is 8.21. The van der Waals surface area contributed by atoms with E-state index in [0.717, 1.165) is 0 Å². The number of nitrogens with zero attached hydrogens (tertiary/aromatic N) is 6. The summed E-state index contributed by atoms with van der Waals surface area (Å²) in [5.74, 6) is 0.295. The van der Waals surface area contributed by atoms with Crippen molar-refractivity contribution in [3.63, 3.8) is 0 Å². The van der Waals surface area contributed by atoms with Crippen molar-refractivity contribution in [2.24, 2.45) is 0 Å². The third-order valence-corrected chi connectivity index (χ3v) is 4.36. The van der Waals surface area contributed by atoms with E-state index in [2.05, 4.69) is 30.2 Å². The Hall–Kier alpha value is -3.92. The Morgan fingerprint density at radius 3 is 2.83 bits per heavy atom. The molecule has 0 bridgehead atoms. The number of amides is 1. The zero-order chi connectivity index (χ0) is 21.1. The maximum Gasteiger partial charge on any atom is 0.264 e. The molecule has 0 radical (unpaired) electrons. The maximum absolute atomic E-state index is 12.7. The van der Waals surface area contributed by atoms with E-state index in [1.807, 2.05) is 0 Å². The lowest BCUT2D eigenvalue weighted by atomic mass is 10.3. The number of ether oxygens (including phenoxy) is 1. The zero-order valence-corrected chi connectivity index (χ0v) is 16.4. The number of carbonyl (C=O) groups excluding carboxylic acids is 1. The van der Waals surface area contributed by atoms with Crippen molar-refractivity contribution in [2.75, 3.05) is 12.4 Å². The van der Waals surface area contributed by atoms with Crippen molar-refractivity contribution < 1.29 is 9.53 Å². The number of benzene rings is 1. The van der Waals surface area contributed by atoms with Gasteiger partial charge in [-0.05, 0) is 18.2 Å². The molecule has 0 aliphatic heterocycles. The number of anilines is 1. The first-order valence-corrected chi connectivity index (χ1v) is 9.05. The van der Waals surface area contributed by atoms with Crippen LogP contribution in [0.5, 0.6) is 5.75 Å². The number of fused-ring (bicyclic) bond motifs is 1.